The van der Waals surface area contributed by atoms with E-state index in [2.05, 4.69) is 0 Å². The molecule has 0 bridgehead atoms. The van der Waals surface area contributed by atoms with E-state index in [-0.39, 0.29) is 30.2 Å². The number of phenolic OH excluding ortho intramolecular Hbond substituents is 1. The highest BCUT2D eigenvalue weighted by Gasteiger charge is 2.39. The predicted molar refractivity (Wildman–Crippen MR) is 78.4 cm³/mol. The Bertz CT molecular complexity index is 521. The van der Waals surface area contributed by atoms with Crippen molar-refractivity contribution in [3.05, 3.63) is 27.7 Å². The largest absolute Gasteiger partial charge is 0.508 e. The maximum Gasteiger partial charge on any atom is 0.223 e. The van der Waals surface area contributed by atoms with E-state index < -0.39 is 0 Å². The molecule has 6 heteroatoms. The summed E-state index contributed by atoms with van der Waals surface area (Å²) in [6, 6.07) is 2.95. The molecule has 0 radical (unpaired) electrons. The van der Waals surface area contributed by atoms with Gasteiger partial charge in [0.1, 0.15) is 5.75 Å². The first-order chi connectivity index (χ1) is 9.47. The van der Waals surface area contributed by atoms with Gasteiger partial charge < -0.3 is 15.1 Å². The van der Waals surface area contributed by atoms with Gasteiger partial charge in [-0.25, -0.2) is 0 Å². The lowest BCUT2D eigenvalue weighted by atomic mass is 9.91. The Morgan fingerprint density at radius 3 is 2.75 bits per heavy atom. The first-order valence-corrected chi connectivity index (χ1v) is 7.30. The van der Waals surface area contributed by atoms with Crippen molar-refractivity contribution in [1.29, 1.82) is 0 Å². The molecule has 2 rings (SSSR count). The second kappa shape index (κ2) is 6.20. The fraction of sp³-hybridized carbons (Fsp3) is 0.500. The number of hydrogen-bond acceptors (Lipinski definition) is 3. The van der Waals surface area contributed by atoms with Crippen molar-refractivity contribution < 1.29 is 15.0 Å². The number of rotatable bonds is 4. The number of likely N-dealkylation sites (tertiary alicyclic amines) is 1. The van der Waals surface area contributed by atoms with Gasteiger partial charge in [-0.05, 0) is 25.5 Å². The molecular formula is C14H17Cl2NO3. The van der Waals surface area contributed by atoms with Gasteiger partial charge in [-0.15, -0.1) is 0 Å². The predicted octanol–water partition coefficient (Wildman–Crippen LogP) is 2.79. The zero-order valence-corrected chi connectivity index (χ0v) is 12.7. The molecule has 2 N–H and O–H groups in total. The number of carbonyl (C=O) groups is 1. The zero-order valence-electron chi connectivity index (χ0n) is 11.1. The van der Waals surface area contributed by atoms with Crippen LogP contribution in [0.2, 0.25) is 10.0 Å². The molecule has 0 saturated carbocycles. The number of hydrogen-bond donors (Lipinski definition) is 2. The summed E-state index contributed by atoms with van der Waals surface area (Å²) in [5.74, 6) is -0.119. The molecule has 0 spiro atoms. The third kappa shape index (κ3) is 2.73. The van der Waals surface area contributed by atoms with E-state index in [1.807, 2.05) is 6.92 Å². The summed E-state index contributed by atoms with van der Waals surface area (Å²) < 4.78 is 0. The first-order valence-electron chi connectivity index (χ1n) is 6.54. The van der Waals surface area contributed by atoms with E-state index in [1.54, 1.807) is 4.90 Å². The third-order valence-electron chi connectivity index (χ3n) is 3.83. The van der Waals surface area contributed by atoms with Crippen molar-refractivity contribution in [2.24, 2.45) is 0 Å². The number of aliphatic hydroxyl groups excluding tert-OH is 1. The van der Waals surface area contributed by atoms with Gasteiger partial charge in [0.2, 0.25) is 5.91 Å². The van der Waals surface area contributed by atoms with Crippen molar-refractivity contribution in [3.8, 4) is 5.75 Å². The first kappa shape index (κ1) is 15.4. The highest BCUT2D eigenvalue weighted by Crippen LogP contribution is 2.44. The molecule has 4 nitrogen and oxygen atoms in total. The van der Waals surface area contributed by atoms with Crippen LogP contribution in [0.5, 0.6) is 5.75 Å². The Kier molecular flexibility index (Phi) is 4.78. The van der Waals surface area contributed by atoms with E-state index in [0.717, 1.165) is 0 Å². The maximum atomic E-state index is 12.1. The van der Waals surface area contributed by atoms with Gasteiger partial charge in [0.15, 0.2) is 0 Å². The SMILES string of the molecule is C[C@H]1[C@H](c2c(O)ccc(Cl)c2Cl)CC(=O)N1CCCO. The molecule has 0 aliphatic carbocycles. The molecule has 110 valence electrons. The standard InChI is InChI=1S/C14H17Cl2NO3/c1-8-9(7-12(20)17(8)5-2-6-18)13-11(19)4-3-10(15)14(13)16/h3-4,8-9,18-19H,2,5-7H2,1H3/t8-,9+/m0/s1. The number of aliphatic hydroxyl groups is 1. The summed E-state index contributed by atoms with van der Waals surface area (Å²) in [5.41, 5.74) is 0.534. The van der Waals surface area contributed by atoms with Crippen LogP contribution >= 0.6 is 23.2 Å². The Balaban J connectivity index is 2.31. The molecule has 0 unspecified atom stereocenters. The van der Waals surface area contributed by atoms with Crippen molar-refractivity contribution in [3.63, 3.8) is 0 Å². The molecule has 1 heterocycles. The molecule has 1 aromatic rings. The van der Waals surface area contributed by atoms with E-state index in [1.165, 1.54) is 12.1 Å². The minimum atomic E-state index is -0.188. The Labute approximate surface area is 127 Å². The van der Waals surface area contributed by atoms with Crippen molar-refractivity contribution >= 4 is 29.1 Å². The van der Waals surface area contributed by atoms with Gasteiger partial charge in [0.05, 0.1) is 10.0 Å². The zero-order chi connectivity index (χ0) is 14.9. The van der Waals surface area contributed by atoms with Crippen molar-refractivity contribution in [1.82, 2.24) is 4.90 Å². The molecule has 1 aliphatic heterocycles. The monoisotopic (exact) mass is 317 g/mol. The van der Waals surface area contributed by atoms with E-state index in [9.17, 15) is 9.90 Å². The molecular weight excluding hydrogens is 301 g/mol. The van der Waals surface area contributed by atoms with Crippen LogP contribution in [0, 0.1) is 0 Å². The Morgan fingerprint density at radius 2 is 2.10 bits per heavy atom. The molecule has 1 fully saturated rings. The molecule has 20 heavy (non-hydrogen) atoms. The van der Waals surface area contributed by atoms with Crippen LogP contribution in [0.25, 0.3) is 0 Å². The fourth-order valence-electron chi connectivity index (χ4n) is 2.74. The normalized spacial score (nSPS) is 22.6. The summed E-state index contributed by atoms with van der Waals surface area (Å²) in [5, 5.41) is 19.6. The van der Waals surface area contributed by atoms with E-state index in [0.29, 0.717) is 35.0 Å². The van der Waals surface area contributed by atoms with Crippen LogP contribution in [-0.2, 0) is 4.79 Å². The second-order valence-corrected chi connectivity index (χ2v) is 5.79. The topological polar surface area (TPSA) is 60.8 Å². The lowest BCUT2D eigenvalue weighted by Crippen LogP contribution is -2.33. The van der Waals surface area contributed by atoms with Gasteiger partial charge in [0, 0.05) is 37.1 Å². The Hall–Kier alpha value is -0.970. The van der Waals surface area contributed by atoms with Gasteiger partial charge in [-0.2, -0.15) is 0 Å². The van der Waals surface area contributed by atoms with Gasteiger partial charge in [0.25, 0.3) is 0 Å². The minimum Gasteiger partial charge on any atom is -0.508 e. The molecule has 1 amide bonds. The fourth-order valence-corrected chi connectivity index (χ4v) is 3.21. The number of nitrogens with zero attached hydrogens (tertiary/aromatic N) is 1. The van der Waals surface area contributed by atoms with E-state index >= 15 is 0 Å². The number of carbonyl (C=O) groups excluding carboxylic acids is 1. The number of halogens is 2. The molecule has 1 aromatic carbocycles. The number of benzene rings is 1. The molecule has 0 aromatic heterocycles. The second-order valence-electron chi connectivity index (χ2n) is 5.01. The van der Waals surface area contributed by atoms with E-state index in [4.69, 9.17) is 28.3 Å². The average Bonchev–Trinajstić information content (AvgIpc) is 2.68. The van der Waals surface area contributed by atoms with Crippen LogP contribution in [0.4, 0.5) is 0 Å². The average molecular weight is 318 g/mol. The van der Waals surface area contributed by atoms with Crippen molar-refractivity contribution in [2.45, 2.75) is 31.7 Å². The van der Waals surface area contributed by atoms with Crippen LogP contribution in [0.1, 0.15) is 31.2 Å². The quantitative estimate of drug-likeness (QED) is 0.897. The smallest absolute Gasteiger partial charge is 0.223 e. The van der Waals surface area contributed by atoms with Crippen molar-refractivity contribution in [2.75, 3.05) is 13.2 Å². The van der Waals surface area contributed by atoms with Crippen LogP contribution < -0.4 is 0 Å². The highest BCUT2D eigenvalue weighted by atomic mass is 35.5. The number of aromatic hydroxyl groups is 1. The van der Waals surface area contributed by atoms with Crippen LogP contribution in [-0.4, -0.2) is 40.2 Å². The lowest BCUT2D eigenvalue weighted by Gasteiger charge is -2.25. The summed E-state index contributed by atoms with van der Waals surface area (Å²) in [4.78, 5) is 13.8. The van der Waals surface area contributed by atoms with Crippen LogP contribution in [0.15, 0.2) is 12.1 Å². The Morgan fingerprint density at radius 1 is 1.40 bits per heavy atom. The van der Waals surface area contributed by atoms with Crippen LogP contribution in [0.3, 0.4) is 0 Å². The number of amides is 1. The molecule has 2 atom stereocenters. The van der Waals surface area contributed by atoms with Gasteiger partial charge in [-0.1, -0.05) is 23.2 Å². The summed E-state index contributed by atoms with van der Waals surface area (Å²) >= 11 is 12.2. The maximum absolute atomic E-state index is 12.1. The highest BCUT2D eigenvalue weighted by molar-refractivity contribution is 6.42. The summed E-state index contributed by atoms with van der Waals surface area (Å²) in [6.45, 7) is 2.47. The molecule has 1 aliphatic rings. The lowest BCUT2D eigenvalue weighted by molar-refractivity contribution is -0.128. The summed E-state index contributed by atoms with van der Waals surface area (Å²) in [7, 11) is 0. The summed E-state index contributed by atoms with van der Waals surface area (Å²) in [6.07, 6.45) is 0.832. The molecule has 1 saturated heterocycles. The number of phenols is 1. The van der Waals surface area contributed by atoms with Gasteiger partial charge >= 0.3 is 0 Å². The van der Waals surface area contributed by atoms with Gasteiger partial charge in [-0.3, -0.25) is 4.79 Å². The third-order valence-corrected chi connectivity index (χ3v) is 4.65. The minimum absolute atomic E-state index is 0.00592.